The summed E-state index contributed by atoms with van der Waals surface area (Å²) >= 11 is 0. The van der Waals surface area contributed by atoms with E-state index in [1.807, 2.05) is 23.1 Å². The van der Waals surface area contributed by atoms with Crippen LogP contribution in [0.25, 0.3) is 0 Å². The molecule has 3 heterocycles. The molecule has 0 N–H and O–H groups in total. The standard InChI is InChI=1S/C22H28N4O/c27-20-12-18(15-25(20)14-17-8-4-3-5-9-17)21-24-23-19-13-22(16-26(19)21)10-6-1-2-7-11-22/h3-5,8-9,18H,1-2,6-7,10-16H2. The Bertz CT molecular complexity index is 820. The van der Waals surface area contributed by atoms with Crippen molar-refractivity contribution < 1.29 is 4.79 Å². The Hall–Kier alpha value is -2.17. The first-order valence-electron chi connectivity index (χ1n) is 10.5. The number of carbonyl (C=O) groups excluding carboxylic acids is 1. The van der Waals surface area contributed by atoms with Crippen molar-refractivity contribution in [1.82, 2.24) is 19.7 Å². The van der Waals surface area contributed by atoms with Gasteiger partial charge in [0.25, 0.3) is 0 Å². The number of hydrogen-bond acceptors (Lipinski definition) is 3. The predicted molar refractivity (Wildman–Crippen MR) is 103 cm³/mol. The summed E-state index contributed by atoms with van der Waals surface area (Å²) in [5.74, 6) is 2.63. The van der Waals surface area contributed by atoms with Crippen LogP contribution >= 0.6 is 0 Å². The highest BCUT2D eigenvalue weighted by molar-refractivity contribution is 5.79. The summed E-state index contributed by atoms with van der Waals surface area (Å²) in [7, 11) is 0. The molecule has 1 saturated carbocycles. The highest BCUT2D eigenvalue weighted by Crippen LogP contribution is 2.44. The van der Waals surface area contributed by atoms with Gasteiger partial charge in [0.2, 0.25) is 5.91 Å². The Morgan fingerprint density at radius 1 is 1.04 bits per heavy atom. The topological polar surface area (TPSA) is 51.0 Å². The lowest BCUT2D eigenvalue weighted by Crippen LogP contribution is -2.25. The van der Waals surface area contributed by atoms with Crippen molar-refractivity contribution in [3.8, 4) is 0 Å². The van der Waals surface area contributed by atoms with E-state index in [4.69, 9.17) is 0 Å². The van der Waals surface area contributed by atoms with Crippen molar-refractivity contribution in [3.63, 3.8) is 0 Å². The van der Waals surface area contributed by atoms with Crippen LogP contribution in [0.2, 0.25) is 0 Å². The molecule has 1 spiro atoms. The third kappa shape index (κ3) is 3.17. The van der Waals surface area contributed by atoms with Gasteiger partial charge in [-0.2, -0.15) is 0 Å². The summed E-state index contributed by atoms with van der Waals surface area (Å²) in [5.41, 5.74) is 1.60. The van der Waals surface area contributed by atoms with Gasteiger partial charge in [-0.1, -0.05) is 56.0 Å². The Morgan fingerprint density at radius 3 is 2.59 bits per heavy atom. The molecule has 1 unspecified atom stereocenters. The fraction of sp³-hybridized carbons (Fsp3) is 0.591. The Morgan fingerprint density at radius 2 is 1.81 bits per heavy atom. The largest absolute Gasteiger partial charge is 0.338 e. The van der Waals surface area contributed by atoms with Gasteiger partial charge in [0.05, 0.1) is 0 Å². The number of nitrogens with zero attached hydrogens (tertiary/aromatic N) is 4. The molecule has 5 heteroatoms. The molecule has 1 aromatic heterocycles. The van der Waals surface area contributed by atoms with Gasteiger partial charge in [-0.25, -0.2) is 0 Å². The molecule has 1 aliphatic carbocycles. The molecule has 3 aliphatic rings. The summed E-state index contributed by atoms with van der Waals surface area (Å²) < 4.78 is 2.37. The quantitative estimate of drug-likeness (QED) is 0.835. The van der Waals surface area contributed by atoms with E-state index in [0.717, 1.165) is 31.2 Å². The third-order valence-corrected chi connectivity index (χ3v) is 6.84. The van der Waals surface area contributed by atoms with Crippen LogP contribution in [-0.4, -0.2) is 32.1 Å². The average molecular weight is 364 g/mol. The summed E-state index contributed by atoms with van der Waals surface area (Å²) in [6.07, 6.45) is 9.73. The van der Waals surface area contributed by atoms with Gasteiger partial charge in [0.15, 0.2) is 0 Å². The first-order valence-corrected chi connectivity index (χ1v) is 10.5. The van der Waals surface area contributed by atoms with Crippen molar-refractivity contribution >= 4 is 5.91 Å². The number of rotatable bonds is 3. The van der Waals surface area contributed by atoms with E-state index in [-0.39, 0.29) is 11.8 Å². The normalized spacial score (nSPS) is 24.4. The van der Waals surface area contributed by atoms with Gasteiger partial charge in [-0.15, -0.1) is 10.2 Å². The number of hydrogen-bond donors (Lipinski definition) is 0. The van der Waals surface area contributed by atoms with Crippen molar-refractivity contribution in [2.75, 3.05) is 6.54 Å². The molecule has 1 saturated heterocycles. The van der Waals surface area contributed by atoms with Crippen LogP contribution in [0.4, 0.5) is 0 Å². The maximum Gasteiger partial charge on any atom is 0.223 e. The molecule has 0 bridgehead atoms. The summed E-state index contributed by atoms with van der Waals surface area (Å²) in [5, 5.41) is 9.07. The zero-order valence-electron chi connectivity index (χ0n) is 15.9. The maximum absolute atomic E-state index is 12.6. The molecule has 5 nitrogen and oxygen atoms in total. The second kappa shape index (κ2) is 6.77. The fourth-order valence-corrected chi connectivity index (χ4v) is 5.40. The molecule has 2 aromatic rings. The number of carbonyl (C=O) groups is 1. The second-order valence-electron chi connectivity index (χ2n) is 8.81. The van der Waals surface area contributed by atoms with Crippen LogP contribution in [0.15, 0.2) is 30.3 Å². The molecule has 1 amide bonds. The zero-order chi connectivity index (χ0) is 18.3. The van der Waals surface area contributed by atoms with E-state index < -0.39 is 0 Å². The van der Waals surface area contributed by atoms with Gasteiger partial charge in [0.1, 0.15) is 11.6 Å². The molecule has 2 fully saturated rings. The van der Waals surface area contributed by atoms with E-state index in [9.17, 15) is 4.79 Å². The van der Waals surface area contributed by atoms with Crippen LogP contribution in [0, 0.1) is 5.41 Å². The molecule has 142 valence electrons. The molecule has 27 heavy (non-hydrogen) atoms. The van der Waals surface area contributed by atoms with Crippen LogP contribution in [0.1, 0.15) is 68.1 Å². The SMILES string of the molecule is O=C1CC(c2nnc3n2CC2(CCCCCC2)C3)CN1Cc1ccccc1. The predicted octanol–water partition coefficient (Wildman–Crippen LogP) is 3.69. The van der Waals surface area contributed by atoms with E-state index in [0.29, 0.717) is 18.4 Å². The Kier molecular flexibility index (Phi) is 4.25. The van der Waals surface area contributed by atoms with E-state index in [1.165, 1.54) is 44.1 Å². The number of fused-ring (bicyclic) bond motifs is 1. The number of benzene rings is 1. The second-order valence-corrected chi connectivity index (χ2v) is 8.81. The number of amides is 1. The fourth-order valence-electron chi connectivity index (χ4n) is 5.40. The smallest absolute Gasteiger partial charge is 0.223 e. The minimum atomic E-state index is 0.184. The van der Waals surface area contributed by atoms with Crippen molar-refractivity contribution in [2.24, 2.45) is 5.41 Å². The van der Waals surface area contributed by atoms with E-state index in [2.05, 4.69) is 26.9 Å². The minimum absolute atomic E-state index is 0.184. The van der Waals surface area contributed by atoms with Gasteiger partial charge in [-0.05, 0) is 23.8 Å². The molecule has 0 radical (unpaired) electrons. The number of likely N-dealkylation sites (tertiary alicyclic amines) is 1. The van der Waals surface area contributed by atoms with Crippen LogP contribution in [0.5, 0.6) is 0 Å². The molecular formula is C22H28N4O. The molecule has 1 atom stereocenters. The van der Waals surface area contributed by atoms with Crippen molar-refractivity contribution in [1.29, 1.82) is 0 Å². The highest BCUT2D eigenvalue weighted by atomic mass is 16.2. The third-order valence-electron chi connectivity index (χ3n) is 6.84. The Labute approximate surface area is 160 Å². The van der Waals surface area contributed by atoms with Gasteiger partial charge >= 0.3 is 0 Å². The van der Waals surface area contributed by atoms with Gasteiger partial charge < -0.3 is 9.47 Å². The highest BCUT2D eigenvalue weighted by Gasteiger charge is 2.42. The first kappa shape index (κ1) is 17.0. The van der Waals surface area contributed by atoms with Crippen LogP contribution in [-0.2, 0) is 24.3 Å². The van der Waals surface area contributed by atoms with Crippen molar-refractivity contribution in [3.05, 3.63) is 47.5 Å². The summed E-state index contributed by atoms with van der Waals surface area (Å²) in [4.78, 5) is 14.6. The lowest BCUT2D eigenvalue weighted by molar-refractivity contribution is -0.128. The molecule has 1 aromatic carbocycles. The lowest BCUT2D eigenvalue weighted by Gasteiger charge is -2.26. The van der Waals surface area contributed by atoms with Gasteiger partial charge in [-0.3, -0.25) is 4.79 Å². The lowest BCUT2D eigenvalue weighted by atomic mass is 9.79. The maximum atomic E-state index is 12.6. The Balaban J connectivity index is 1.32. The first-order chi connectivity index (χ1) is 13.2. The zero-order valence-corrected chi connectivity index (χ0v) is 15.9. The molecule has 2 aliphatic heterocycles. The van der Waals surface area contributed by atoms with Crippen LogP contribution < -0.4 is 0 Å². The average Bonchev–Trinajstić information content (AvgIpc) is 3.25. The molecular weight excluding hydrogens is 336 g/mol. The summed E-state index contributed by atoms with van der Waals surface area (Å²) in [6, 6.07) is 10.3. The van der Waals surface area contributed by atoms with E-state index >= 15 is 0 Å². The minimum Gasteiger partial charge on any atom is -0.338 e. The van der Waals surface area contributed by atoms with E-state index in [1.54, 1.807) is 0 Å². The van der Waals surface area contributed by atoms with Crippen LogP contribution in [0.3, 0.4) is 0 Å². The van der Waals surface area contributed by atoms with Gasteiger partial charge in [0, 0.05) is 38.4 Å². The molecule has 5 rings (SSSR count). The number of aromatic nitrogens is 3. The van der Waals surface area contributed by atoms with Crippen molar-refractivity contribution in [2.45, 2.75) is 70.4 Å². The monoisotopic (exact) mass is 364 g/mol. The summed E-state index contributed by atoms with van der Waals surface area (Å²) in [6.45, 7) is 2.52.